The van der Waals surface area contributed by atoms with Crippen molar-refractivity contribution < 1.29 is 22.8 Å². The monoisotopic (exact) mass is 431 g/mol. The number of piperidine rings is 1. The Hall–Kier alpha value is -3.03. The van der Waals surface area contributed by atoms with Crippen LogP contribution in [0.5, 0.6) is 0 Å². The molecule has 2 aromatic carbocycles. The van der Waals surface area contributed by atoms with Gasteiger partial charge in [0.15, 0.2) is 0 Å². The minimum Gasteiger partial charge on any atom is -0.355 e. The summed E-state index contributed by atoms with van der Waals surface area (Å²) in [4.78, 5) is 29.0. The topological polar surface area (TPSA) is 52.7 Å². The highest BCUT2D eigenvalue weighted by Gasteiger charge is 2.36. The highest BCUT2D eigenvalue weighted by molar-refractivity contribution is 6.03. The van der Waals surface area contributed by atoms with Crippen LogP contribution in [-0.4, -0.2) is 41.9 Å². The molecule has 31 heavy (non-hydrogen) atoms. The molecule has 1 atom stereocenters. The lowest BCUT2D eigenvalue weighted by Gasteiger charge is -2.45. The summed E-state index contributed by atoms with van der Waals surface area (Å²) in [5, 5.41) is 2.93. The van der Waals surface area contributed by atoms with Crippen LogP contribution >= 0.6 is 0 Å². The van der Waals surface area contributed by atoms with Gasteiger partial charge in [-0.3, -0.25) is 9.59 Å². The predicted molar refractivity (Wildman–Crippen MR) is 112 cm³/mol. The molecule has 0 aromatic heterocycles. The zero-order valence-electron chi connectivity index (χ0n) is 17.2. The number of para-hydroxylation sites is 2. The number of hydrogen-bond donors (Lipinski definition) is 1. The van der Waals surface area contributed by atoms with Crippen LogP contribution in [0, 0.1) is 0 Å². The molecule has 0 spiro atoms. The van der Waals surface area contributed by atoms with Crippen molar-refractivity contribution >= 4 is 23.2 Å². The van der Waals surface area contributed by atoms with Crippen LogP contribution in [0.15, 0.2) is 48.5 Å². The van der Waals surface area contributed by atoms with Crippen LogP contribution in [0.1, 0.15) is 30.9 Å². The van der Waals surface area contributed by atoms with Crippen LogP contribution in [0.2, 0.25) is 0 Å². The Labute approximate surface area is 178 Å². The van der Waals surface area contributed by atoms with Gasteiger partial charge in [-0.15, -0.1) is 0 Å². The number of benzene rings is 2. The highest BCUT2D eigenvalue weighted by atomic mass is 19.4. The average molecular weight is 431 g/mol. The van der Waals surface area contributed by atoms with E-state index in [-0.39, 0.29) is 30.3 Å². The van der Waals surface area contributed by atoms with Gasteiger partial charge in [-0.25, -0.2) is 0 Å². The zero-order chi connectivity index (χ0) is 22.2. The maximum atomic E-state index is 12.7. The number of rotatable bonds is 3. The SMILES string of the molecule is CC1C(=O)Nc2ccccc2N1C1CCN(C(=O)Cc2ccc(C(F)(F)F)cc2)CC1. The van der Waals surface area contributed by atoms with Gasteiger partial charge in [0, 0.05) is 19.1 Å². The van der Waals surface area contributed by atoms with Crippen molar-refractivity contribution in [1.82, 2.24) is 4.90 Å². The van der Waals surface area contributed by atoms with Crippen molar-refractivity contribution in [1.29, 1.82) is 0 Å². The molecular weight excluding hydrogens is 407 g/mol. The van der Waals surface area contributed by atoms with Gasteiger partial charge < -0.3 is 15.1 Å². The largest absolute Gasteiger partial charge is 0.416 e. The molecule has 4 rings (SSSR count). The van der Waals surface area contributed by atoms with Gasteiger partial charge in [-0.05, 0) is 49.6 Å². The zero-order valence-corrected chi connectivity index (χ0v) is 17.2. The van der Waals surface area contributed by atoms with E-state index in [0.29, 0.717) is 18.7 Å². The summed E-state index contributed by atoms with van der Waals surface area (Å²) in [6.45, 7) is 2.99. The first kappa shape index (κ1) is 21.2. The number of nitrogens with zero attached hydrogens (tertiary/aromatic N) is 2. The Bertz CT molecular complexity index is 967. The molecule has 1 saturated heterocycles. The number of fused-ring (bicyclic) bond motifs is 1. The number of likely N-dealkylation sites (tertiary alicyclic amines) is 1. The molecule has 1 N–H and O–H groups in total. The summed E-state index contributed by atoms with van der Waals surface area (Å²) < 4.78 is 38.1. The van der Waals surface area contributed by atoms with Gasteiger partial charge in [-0.2, -0.15) is 13.2 Å². The molecule has 8 heteroatoms. The minimum absolute atomic E-state index is 0.0421. The molecule has 0 aliphatic carbocycles. The number of hydrogen-bond acceptors (Lipinski definition) is 3. The van der Waals surface area contributed by atoms with Gasteiger partial charge in [0.2, 0.25) is 11.8 Å². The number of amides is 2. The summed E-state index contributed by atoms with van der Waals surface area (Å²) in [5.74, 6) is -0.137. The third-order valence-electron chi connectivity index (χ3n) is 6.08. The molecular formula is C23H24F3N3O2. The van der Waals surface area contributed by atoms with Crippen molar-refractivity contribution in [2.45, 2.75) is 44.4 Å². The van der Waals surface area contributed by atoms with Crippen molar-refractivity contribution in [3.8, 4) is 0 Å². The van der Waals surface area contributed by atoms with Gasteiger partial charge in [-0.1, -0.05) is 24.3 Å². The number of halogens is 3. The van der Waals surface area contributed by atoms with Crippen LogP contribution < -0.4 is 10.2 Å². The third-order valence-corrected chi connectivity index (χ3v) is 6.08. The molecule has 2 aliphatic heterocycles. The summed E-state index contributed by atoms with van der Waals surface area (Å²) in [6.07, 6.45) is -2.85. The van der Waals surface area contributed by atoms with Crippen LogP contribution in [0.3, 0.4) is 0 Å². The van der Waals surface area contributed by atoms with E-state index in [1.54, 1.807) is 4.90 Å². The Morgan fingerprint density at radius 2 is 1.71 bits per heavy atom. The average Bonchev–Trinajstić information content (AvgIpc) is 2.74. The smallest absolute Gasteiger partial charge is 0.355 e. The summed E-state index contributed by atoms with van der Waals surface area (Å²) >= 11 is 0. The number of carbonyl (C=O) groups excluding carboxylic acids is 2. The van der Waals surface area contributed by atoms with E-state index in [4.69, 9.17) is 0 Å². The van der Waals surface area contributed by atoms with E-state index < -0.39 is 11.7 Å². The van der Waals surface area contributed by atoms with Gasteiger partial charge in [0.25, 0.3) is 0 Å². The Kier molecular flexibility index (Phi) is 5.64. The summed E-state index contributed by atoms with van der Waals surface area (Å²) in [7, 11) is 0. The minimum atomic E-state index is -4.38. The van der Waals surface area contributed by atoms with Crippen molar-refractivity contribution in [3.05, 3.63) is 59.7 Å². The molecule has 2 aromatic rings. The molecule has 1 fully saturated rings. The molecule has 2 aliphatic rings. The van der Waals surface area contributed by atoms with E-state index >= 15 is 0 Å². The number of carbonyl (C=O) groups is 2. The first-order valence-electron chi connectivity index (χ1n) is 10.4. The normalized spacial score (nSPS) is 19.7. The van der Waals surface area contributed by atoms with E-state index in [9.17, 15) is 22.8 Å². The molecule has 0 saturated carbocycles. The molecule has 1 unspecified atom stereocenters. The van der Waals surface area contributed by atoms with E-state index in [0.717, 1.165) is 36.3 Å². The fraction of sp³-hybridized carbons (Fsp3) is 0.391. The van der Waals surface area contributed by atoms with Crippen molar-refractivity contribution in [3.63, 3.8) is 0 Å². The Morgan fingerprint density at radius 3 is 2.35 bits per heavy atom. The number of anilines is 2. The summed E-state index contributed by atoms with van der Waals surface area (Å²) in [5.41, 5.74) is 1.63. The maximum absolute atomic E-state index is 12.7. The second kappa shape index (κ2) is 8.24. The molecule has 164 valence electrons. The fourth-order valence-electron chi connectivity index (χ4n) is 4.38. The predicted octanol–water partition coefficient (Wildman–Crippen LogP) is 4.09. The summed E-state index contributed by atoms with van der Waals surface area (Å²) in [6, 6.07) is 12.3. The van der Waals surface area contributed by atoms with E-state index in [2.05, 4.69) is 10.2 Å². The molecule has 5 nitrogen and oxygen atoms in total. The van der Waals surface area contributed by atoms with Gasteiger partial charge >= 0.3 is 6.18 Å². The number of nitrogens with one attached hydrogen (secondary N) is 1. The Morgan fingerprint density at radius 1 is 1.06 bits per heavy atom. The molecule has 2 heterocycles. The highest BCUT2D eigenvalue weighted by Crippen LogP contribution is 2.36. The maximum Gasteiger partial charge on any atom is 0.416 e. The van der Waals surface area contributed by atoms with Crippen LogP contribution in [0.4, 0.5) is 24.5 Å². The Balaban J connectivity index is 1.38. The van der Waals surface area contributed by atoms with Crippen LogP contribution in [-0.2, 0) is 22.2 Å². The second-order valence-corrected chi connectivity index (χ2v) is 8.07. The lowest BCUT2D eigenvalue weighted by atomic mass is 9.97. The first-order valence-corrected chi connectivity index (χ1v) is 10.4. The van der Waals surface area contributed by atoms with Crippen molar-refractivity contribution in [2.75, 3.05) is 23.3 Å². The van der Waals surface area contributed by atoms with Crippen LogP contribution in [0.25, 0.3) is 0 Å². The molecule has 0 bridgehead atoms. The third kappa shape index (κ3) is 4.38. The van der Waals surface area contributed by atoms with E-state index in [1.807, 2.05) is 31.2 Å². The van der Waals surface area contributed by atoms with Gasteiger partial charge in [0.1, 0.15) is 6.04 Å². The molecule has 0 radical (unpaired) electrons. The quantitative estimate of drug-likeness (QED) is 0.797. The van der Waals surface area contributed by atoms with E-state index in [1.165, 1.54) is 12.1 Å². The standard InChI is InChI=1S/C23H24F3N3O2/c1-15-22(31)27-19-4-2-3-5-20(19)29(15)18-10-12-28(13-11-18)21(30)14-16-6-8-17(9-7-16)23(24,25)26/h2-9,15,18H,10-14H2,1H3,(H,27,31). The second-order valence-electron chi connectivity index (χ2n) is 8.07. The number of alkyl halides is 3. The fourth-order valence-corrected chi connectivity index (χ4v) is 4.38. The first-order chi connectivity index (χ1) is 14.7. The molecule has 2 amide bonds. The van der Waals surface area contributed by atoms with Crippen molar-refractivity contribution in [2.24, 2.45) is 0 Å². The lowest BCUT2D eigenvalue weighted by Crippen LogP contribution is -2.55. The van der Waals surface area contributed by atoms with Gasteiger partial charge in [0.05, 0.1) is 23.4 Å². The lowest BCUT2D eigenvalue weighted by molar-refractivity contribution is -0.137.